The predicted molar refractivity (Wildman–Crippen MR) is 80.3 cm³/mol. The van der Waals surface area contributed by atoms with Gasteiger partial charge >= 0.3 is 0 Å². The van der Waals surface area contributed by atoms with Crippen LogP contribution in [-0.2, 0) is 19.6 Å². The molecule has 0 aliphatic rings. The molecule has 2 rings (SSSR count). The Hall–Kier alpha value is -1.10. The van der Waals surface area contributed by atoms with Crippen LogP contribution in [0, 0.1) is 6.92 Å². The molecule has 0 unspecified atom stereocenters. The third kappa shape index (κ3) is 4.20. The normalized spacial score (nSPS) is 11.4. The highest BCUT2D eigenvalue weighted by molar-refractivity contribution is 7.09. The van der Waals surface area contributed by atoms with E-state index in [-0.39, 0.29) is 0 Å². The zero-order chi connectivity index (χ0) is 13.7. The second-order valence-electron chi connectivity index (χ2n) is 4.83. The van der Waals surface area contributed by atoms with Crippen LogP contribution in [0.25, 0.3) is 0 Å². The summed E-state index contributed by atoms with van der Waals surface area (Å²) in [5, 5.41) is 5.41. The standard InChI is InChI=1S/C15H22N2OS/c1-4-16-9-14-8-13(12(2)18-14)10-17(3)11-15-6-5-7-19-15/h5-8,16H,4,9-11H2,1-3H3. The molecule has 1 N–H and O–H groups in total. The zero-order valence-corrected chi connectivity index (χ0v) is 12.7. The van der Waals surface area contributed by atoms with E-state index < -0.39 is 0 Å². The van der Waals surface area contributed by atoms with Crippen LogP contribution < -0.4 is 5.32 Å². The molecular formula is C15H22N2OS. The van der Waals surface area contributed by atoms with E-state index in [4.69, 9.17) is 4.42 Å². The van der Waals surface area contributed by atoms with Crippen LogP contribution in [0.3, 0.4) is 0 Å². The molecule has 0 amide bonds. The fourth-order valence-corrected chi connectivity index (χ4v) is 2.88. The Kier molecular flexibility index (Phi) is 5.19. The van der Waals surface area contributed by atoms with Crippen molar-refractivity contribution in [2.24, 2.45) is 0 Å². The maximum Gasteiger partial charge on any atom is 0.118 e. The molecule has 3 nitrogen and oxygen atoms in total. The Morgan fingerprint density at radius 2 is 2.21 bits per heavy atom. The number of nitrogens with one attached hydrogen (secondary N) is 1. The van der Waals surface area contributed by atoms with Gasteiger partial charge in [-0.3, -0.25) is 4.90 Å². The molecule has 0 fully saturated rings. The van der Waals surface area contributed by atoms with E-state index >= 15 is 0 Å². The van der Waals surface area contributed by atoms with E-state index in [0.29, 0.717) is 0 Å². The van der Waals surface area contributed by atoms with Crippen LogP contribution in [0.15, 0.2) is 28.0 Å². The molecule has 19 heavy (non-hydrogen) atoms. The molecule has 0 aromatic carbocycles. The zero-order valence-electron chi connectivity index (χ0n) is 11.9. The third-order valence-electron chi connectivity index (χ3n) is 3.07. The summed E-state index contributed by atoms with van der Waals surface area (Å²) in [6.07, 6.45) is 0. The topological polar surface area (TPSA) is 28.4 Å². The van der Waals surface area contributed by atoms with Gasteiger partial charge in [-0.25, -0.2) is 0 Å². The summed E-state index contributed by atoms with van der Waals surface area (Å²) in [5.74, 6) is 2.06. The molecule has 0 radical (unpaired) electrons. The molecular weight excluding hydrogens is 256 g/mol. The summed E-state index contributed by atoms with van der Waals surface area (Å²) in [7, 11) is 2.15. The van der Waals surface area contributed by atoms with Crippen molar-refractivity contribution >= 4 is 11.3 Å². The van der Waals surface area contributed by atoms with Gasteiger partial charge in [0.05, 0.1) is 6.54 Å². The third-order valence-corrected chi connectivity index (χ3v) is 3.93. The fraction of sp³-hybridized carbons (Fsp3) is 0.467. The summed E-state index contributed by atoms with van der Waals surface area (Å²) in [5.41, 5.74) is 1.28. The molecule has 4 heteroatoms. The molecule has 0 saturated carbocycles. The Labute approximate surface area is 119 Å². The minimum Gasteiger partial charge on any atom is -0.465 e. The van der Waals surface area contributed by atoms with E-state index in [9.17, 15) is 0 Å². The highest BCUT2D eigenvalue weighted by Gasteiger charge is 2.10. The van der Waals surface area contributed by atoms with Crippen molar-refractivity contribution in [3.63, 3.8) is 0 Å². The van der Waals surface area contributed by atoms with Gasteiger partial charge < -0.3 is 9.73 Å². The van der Waals surface area contributed by atoms with Crippen molar-refractivity contribution in [1.29, 1.82) is 0 Å². The average molecular weight is 278 g/mol. The second-order valence-corrected chi connectivity index (χ2v) is 5.86. The summed E-state index contributed by atoms with van der Waals surface area (Å²) < 4.78 is 5.77. The van der Waals surface area contributed by atoms with Gasteiger partial charge in [-0.2, -0.15) is 0 Å². The predicted octanol–water partition coefficient (Wildman–Crippen LogP) is 3.39. The quantitative estimate of drug-likeness (QED) is 0.841. The summed E-state index contributed by atoms with van der Waals surface area (Å²) in [6, 6.07) is 6.45. The van der Waals surface area contributed by atoms with Crippen molar-refractivity contribution < 1.29 is 4.42 Å². The smallest absolute Gasteiger partial charge is 0.118 e. The first-order valence-electron chi connectivity index (χ1n) is 6.69. The van der Waals surface area contributed by atoms with Gasteiger partial charge in [-0.1, -0.05) is 13.0 Å². The Morgan fingerprint density at radius 1 is 1.37 bits per heavy atom. The molecule has 0 aliphatic heterocycles. The van der Waals surface area contributed by atoms with Crippen molar-refractivity contribution in [3.05, 3.63) is 45.5 Å². The lowest BCUT2D eigenvalue weighted by Gasteiger charge is -2.14. The van der Waals surface area contributed by atoms with Crippen LogP contribution in [-0.4, -0.2) is 18.5 Å². The maximum atomic E-state index is 5.77. The SMILES string of the molecule is CCNCc1cc(CN(C)Cc2cccs2)c(C)o1. The number of aryl methyl sites for hydroxylation is 1. The first-order valence-corrected chi connectivity index (χ1v) is 7.56. The largest absolute Gasteiger partial charge is 0.465 e. The van der Waals surface area contributed by atoms with Crippen molar-refractivity contribution in [2.45, 2.75) is 33.5 Å². The van der Waals surface area contributed by atoms with E-state index in [1.807, 2.05) is 18.3 Å². The van der Waals surface area contributed by atoms with Gasteiger partial charge in [-0.15, -0.1) is 11.3 Å². The molecule has 2 aromatic rings. The number of hydrogen-bond acceptors (Lipinski definition) is 4. The molecule has 0 saturated heterocycles. The van der Waals surface area contributed by atoms with Crippen LogP contribution in [0.1, 0.15) is 28.9 Å². The van der Waals surface area contributed by atoms with Crippen molar-refractivity contribution in [2.75, 3.05) is 13.6 Å². The lowest BCUT2D eigenvalue weighted by molar-refractivity contribution is 0.319. The van der Waals surface area contributed by atoms with Gasteiger partial charge in [0.1, 0.15) is 11.5 Å². The number of hydrogen-bond donors (Lipinski definition) is 1. The second kappa shape index (κ2) is 6.89. The lowest BCUT2D eigenvalue weighted by atomic mass is 10.2. The summed E-state index contributed by atoms with van der Waals surface area (Å²) in [6.45, 7) is 7.85. The van der Waals surface area contributed by atoms with E-state index in [1.54, 1.807) is 0 Å². The minimum absolute atomic E-state index is 0.811. The fourth-order valence-electron chi connectivity index (χ4n) is 2.10. The number of rotatable bonds is 7. The van der Waals surface area contributed by atoms with Crippen LogP contribution in [0.2, 0.25) is 0 Å². The number of nitrogens with zero attached hydrogens (tertiary/aromatic N) is 1. The summed E-state index contributed by atoms with van der Waals surface area (Å²) >= 11 is 1.81. The highest BCUT2D eigenvalue weighted by Crippen LogP contribution is 2.18. The Balaban J connectivity index is 1.92. The molecule has 2 aromatic heterocycles. The molecule has 0 atom stereocenters. The number of furan rings is 1. The van der Waals surface area contributed by atoms with Gasteiger partial charge in [0.2, 0.25) is 0 Å². The van der Waals surface area contributed by atoms with Crippen LogP contribution in [0.5, 0.6) is 0 Å². The lowest BCUT2D eigenvalue weighted by Crippen LogP contribution is -2.16. The Bertz CT molecular complexity index is 490. The minimum atomic E-state index is 0.811. The molecule has 2 heterocycles. The van der Waals surface area contributed by atoms with Crippen LogP contribution >= 0.6 is 11.3 Å². The molecule has 0 bridgehead atoms. The monoisotopic (exact) mass is 278 g/mol. The first-order chi connectivity index (χ1) is 9.19. The number of thiophene rings is 1. The van der Waals surface area contributed by atoms with Gasteiger partial charge in [0.25, 0.3) is 0 Å². The van der Waals surface area contributed by atoms with Gasteiger partial charge in [0, 0.05) is 23.5 Å². The van der Waals surface area contributed by atoms with Gasteiger partial charge in [-0.05, 0) is 38.0 Å². The van der Waals surface area contributed by atoms with E-state index in [2.05, 4.69) is 47.8 Å². The average Bonchev–Trinajstić information content (AvgIpc) is 2.98. The molecule has 0 spiro atoms. The molecule has 0 aliphatic carbocycles. The van der Waals surface area contributed by atoms with E-state index in [1.165, 1.54) is 10.4 Å². The van der Waals surface area contributed by atoms with Crippen LogP contribution in [0.4, 0.5) is 0 Å². The van der Waals surface area contributed by atoms with Gasteiger partial charge in [0.15, 0.2) is 0 Å². The Morgan fingerprint density at radius 3 is 2.89 bits per heavy atom. The maximum absolute atomic E-state index is 5.77. The van der Waals surface area contributed by atoms with Crippen molar-refractivity contribution in [3.8, 4) is 0 Å². The van der Waals surface area contributed by atoms with Crippen molar-refractivity contribution in [1.82, 2.24) is 10.2 Å². The van der Waals surface area contributed by atoms with E-state index in [0.717, 1.165) is 37.7 Å². The first kappa shape index (κ1) is 14.3. The molecule has 104 valence electrons. The summed E-state index contributed by atoms with van der Waals surface area (Å²) in [4.78, 5) is 3.72. The highest BCUT2D eigenvalue weighted by atomic mass is 32.1.